The number of phenols is 1. The van der Waals surface area contributed by atoms with Crippen LogP contribution >= 0.6 is 11.8 Å². The highest BCUT2D eigenvalue weighted by Crippen LogP contribution is 2.38. The quantitative estimate of drug-likeness (QED) is 0.798. The molecule has 18 heavy (non-hydrogen) atoms. The van der Waals surface area contributed by atoms with Crippen LogP contribution in [0.5, 0.6) is 5.75 Å². The molecule has 0 aliphatic carbocycles. The van der Waals surface area contributed by atoms with E-state index in [-0.39, 0.29) is 22.8 Å². The second-order valence-corrected chi connectivity index (χ2v) is 6.67. The van der Waals surface area contributed by atoms with Gasteiger partial charge in [-0.1, -0.05) is 20.8 Å². The molecule has 0 spiro atoms. The number of hydrogen-bond acceptors (Lipinski definition) is 3. The second-order valence-electron chi connectivity index (χ2n) is 5.40. The Hall–Kier alpha value is -1.16. The van der Waals surface area contributed by atoms with Gasteiger partial charge in [-0.15, -0.1) is 11.8 Å². The van der Waals surface area contributed by atoms with E-state index in [0.29, 0.717) is 6.42 Å². The number of aliphatic carboxylic acids is 1. The van der Waals surface area contributed by atoms with Gasteiger partial charge in [0, 0.05) is 16.6 Å². The van der Waals surface area contributed by atoms with Crippen LogP contribution in [0, 0.1) is 5.41 Å². The molecule has 0 amide bonds. The first-order chi connectivity index (χ1) is 8.29. The van der Waals surface area contributed by atoms with Gasteiger partial charge in [-0.2, -0.15) is 0 Å². The van der Waals surface area contributed by atoms with Crippen LogP contribution in [-0.4, -0.2) is 21.4 Å². The Bertz CT molecular complexity index is 392. The fourth-order valence-electron chi connectivity index (χ4n) is 1.61. The molecule has 0 fully saturated rings. The molecule has 1 unspecified atom stereocenters. The van der Waals surface area contributed by atoms with E-state index in [9.17, 15) is 9.90 Å². The van der Waals surface area contributed by atoms with Gasteiger partial charge in [0.25, 0.3) is 0 Å². The van der Waals surface area contributed by atoms with Crippen LogP contribution in [0.3, 0.4) is 0 Å². The standard InChI is InChI=1S/C14H20O3S/c1-14(2,3)12(8-9-13(16)17)18-11-6-4-10(15)5-7-11/h4-7,12,15H,8-9H2,1-3H3,(H,16,17). The molecule has 100 valence electrons. The van der Waals surface area contributed by atoms with E-state index < -0.39 is 5.97 Å². The maximum atomic E-state index is 10.7. The van der Waals surface area contributed by atoms with Crippen molar-refractivity contribution >= 4 is 17.7 Å². The van der Waals surface area contributed by atoms with E-state index in [0.717, 1.165) is 4.90 Å². The lowest BCUT2D eigenvalue weighted by Gasteiger charge is -2.30. The molecule has 1 atom stereocenters. The molecule has 0 saturated carbocycles. The lowest BCUT2D eigenvalue weighted by molar-refractivity contribution is -0.137. The molecule has 0 aliphatic rings. The van der Waals surface area contributed by atoms with E-state index in [1.165, 1.54) is 0 Å². The summed E-state index contributed by atoms with van der Waals surface area (Å²) in [6, 6.07) is 7.03. The lowest BCUT2D eigenvalue weighted by atomic mass is 9.89. The predicted octanol–water partition coefficient (Wildman–Crippen LogP) is 3.76. The average Bonchev–Trinajstić information content (AvgIpc) is 2.24. The average molecular weight is 268 g/mol. The number of carbonyl (C=O) groups is 1. The molecule has 1 aromatic rings. The second kappa shape index (κ2) is 6.14. The number of carboxylic acid groups (broad SMARTS) is 1. The molecule has 1 aromatic carbocycles. The van der Waals surface area contributed by atoms with Crippen molar-refractivity contribution in [1.29, 1.82) is 0 Å². The van der Waals surface area contributed by atoms with Crippen LogP contribution in [0.25, 0.3) is 0 Å². The molecular weight excluding hydrogens is 248 g/mol. The number of benzene rings is 1. The maximum absolute atomic E-state index is 10.7. The largest absolute Gasteiger partial charge is 0.508 e. The van der Waals surface area contributed by atoms with Crippen LogP contribution in [0.15, 0.2) is 29.2 Å². The fourth-order valence-corrected chi connectivity index (χ4v) is 2.82. The smallest absolute Gasteiger partial charge is 0.303 e. The van der Waals surface area contributed by atoms with Crippen molar-refractivity contribution in [3.05, 3.63) is 24.3 Å². The van der Waals surface area contributed by atoms with Crippen molar-refractivity contribution < 1.29 is 15.0 Å². The predicted molar refractivity (Wildman–Crippen MR) is 74.1 cm³/mol. The van der Waals surface area contributed by atoms with Gasteiger partial charge in [-0.3, -0.25) is 4.79 Å². The highest BCUT2D eigenvalue weighted by molar-refractivity contribution is 8.00. The number of rotatable bonds is 5. The molecule has 3 nitrogen and oxygen atoms in total. The van der Waals surface area contributed by atoms with Gasteiger partial charge in [-0.05, 0) is 36.1 Å². The zero-order chi connectivity index (χ0) is 13.8. The highest BCUT2D eigenvalue weighted by atomic mass is 32.2. The minimum atomic E-state index is -0.754. The summed E-state index contributed by atoms with van der Waals surface area (Å²) in [4.78, 5) is 11.7. The molecule has 0 heterocycles. The maximum Gasteiger partial charge on any atom is 0.303 e. The van der Waals surface area contributed by atoms with Crippen LogP contribution in [-0.2, 0) is 4.79 Å². The summed E-state index contributed by atoms with van der Waals surface area (Å²) in [6.45, 7) is 6.35. The molecule has 0 bridgehead atoms. The summed E-state index contributed by atoms with van der Waals surface area (Å²) in [5, 5.41) is 18.3. The summed E-state index contributed by atoms with van der Waals surface area (Å²) in [5.74, 6) is -0.507. The summed E-state index contributed by atoms with van der Waals surface area (Å²) in [7, 11) is 0. The topological polar surface area (TPSA) is 57.5 Å². The number of hydrogen-bond donors (Lipinski definition) is 2. The van der Waals surface area contributed by atoms with Crippen LogP contribution < -0.4 is 0 Å². The molecule has 2 N–H and O–H groups in total. The number of thioether (sulfide) groups is 1. The first-order valence-electron chi connectivity index (χ1n) is 5.96. The van der Waals surface area contributed by atoms with Gasteiger partial charge in [-0.25, -0.2) is 0 Å². The van der Waals surface area contributed by atoms with Crippen LogP contribution in [0.4, 0.5) is 0 Å². The Labute approximate surface area is 112 Å². The molecule has 0 radical (unpaired) electrons. The van der Waals surface area contributed by atoms with E-state index in [1.54, 1.807) is 23.9 Å². The number of aromatic hydroxyl groups is 1. The Balaban J connectivity index is 2.72. The summed E-state index contributed by atoms with van der Waals surface area (Å²) < 4.78 is 0. The Morgan fingerprint density at radius 3 is 2.28 bits per heavy atom. The molecule has 1 rings (SSSR count). The zero-order valence-corrected chi connectivity index (χ0v) is 11.8. The van der Waals surface area contributed by atoms with Crippen molar-refractivity contribution in [2.45, 2.75) is 43.8 Å². The lowest BCUT2D eigenvalue weighted by Crippen LogP contribution is -2.24. The zero-order valence-electron chi connectivity index (χ0n) is 11.0. The fraction of sp³-hybridized carbons (Fsp3) is 0.500. The summed E-state index contributed by atoms with van der Waals surface area (Å²) >= 11 is 1.67. The molecule has 4 heteroatoms. The minimum absolute atomic E-state index is 0.0397. The van der Waals surface area contributed by atoms with Crippen molar-refractivity contribution in [3.63, 3.8) is 0 Å². The molecular formula is C14H20O3S. The Morgan fingerprint density at radius 2 is 1.83 bits per heavy atom. The van der Waals surface area contributed by atoms with E-state index in [1.807, 2.05) is 12.1 Å². The molecule has 0 aromatic heterocycles. The van der Waals surface area contributed by atoms with Gasteiger partial charge in [0.05, 0.1) is 0 Å². The van der Waals surface area contributed by atoms with Crippen LogP contribution in [0.2, 0.25) is 0 Å². The van der Waals surface area contributed by atoms with Gasteiger partial charge in [0.2, 0.25) is 0 Å². The first kappa shape index (κ1) is 14.9. The van der Waals surface area contributed by atoms with Gasteiger partial charge < -0.3 is 10.2 Å². The third-order valence-corrected chi connectivity index (χ3v) is 4.47. The number of phenolic OH excluding ortho intramolecular Hbond substituents is 1. The van der Waals surface area contributed by atoms with Crippen molar-refractivity contribution in [1.82, 2.24) is 0 Å². The van der Waals surface area contributed by atoms with E-state index >= 15 is 0 Å². The van der Waals surface area contributed by atoms with E-state index in [4.69, 9.17) is 5.11 Å². The first-order valence-corrected chi connectivity index (χ1v) is 6.84. The monoisotopic (exact) mass is 268 g/mol. The molecule has 0 aliphatic heterocycles. The third kappa shape index (κ3) is 5.00. The van der Waals surface area contributed by atoms with Crippen molar-refractivity contribution in [2.24, 2.45) is 5.41 Å². The Kier molecular flexibility index (Phi) is 5.08. The minimum Gasteiger partial charge on any atom is -0.508 e. The van der Waals surface area contributed by atoms with Gasteiger partial charge >= 0.3 is 5.97 Å². The van der Waals surface area contributed by atoms with Crippen molar-refractivity contribution in [2.75, 3.05) is 0 Å². The molecule has 0 saturated heterocycles. The van der Waals surface area contributed by atoms with Crippen LogP contribution in [0.1, 0.15) is 33.6 Å². The summed E-state index contributed by atoms with van der Waals surface area (Å²) in [6.07, 6.45) is 0.831. The Morgan fingerprint density at radius 1 is 1.28 bits per heavy atom. The summed E-state index contributed by atoms with van der Waals surface area (Å²) in [5.41, 5.74) is 0.0397. The van der Waals surface area contributed by atoms with Gasteiger partial charge in [0.1, 0.15) is 5.75 Å². The highest BCUT2D eigenvalue weighted by Gasteiger charge is 2.26. The van der Waals surface area contributed by atoms with Gasteiger partial charge in [0.15, 0.2) is 0 Å². The number of carboxylic acids is 1. The SMILES string of the molecule is CC(C)(C)C(CCC(=O)O)Sc1ccc(O)cc1. The van der Waals surface area contributed by atoms with E-state index in [2.05, 4.69) is 20.8 Å². The third-order valence-electron chi connectivity index (χ3n) is 2.70. The van der Waals surface area contributed by atoms with Crippen molar-refractivity contribution in [3.8, 4) is 5.75 Å². The normalized spacial score (nSPS) is 13.3.